The molecule has 3 aromatic rings. The molecule has 0 atom stereocenters. The van der Waals surface area contributed by atoms with Gasteiger partial charge in [-0.1, -0.05) is 41.9 Å². The molecule has 2 N–H and O–H groups in total. The van der Waals surface area contributed by atoms with Gasteiger partial charge in [-0.15, -0.1) is 0 Å². The molecule has 0 saturated carbocycles. The van der Waals surface area contributed by atoms with E-state index >= 15 is 0 Å². The van der Waals surface area contributed by atoms with E-state index in [-0.39, 0.29) is 16.5 Å². The number of para-hydroxylation sites is 2. The van der Waals surface area contributed by atoms with Gasteiger partial charge in [0.2, 0.25) is 0 Å². The van der Waals surface area contributed by atoms with Crippen LogP contribution in [-0.2, 0) is 10.0 Å². The number of halogens is 1. The van der Waals surface area contributed by atoms with E-state index in [9.17, 15) is 13.2 Å². The molecule has 0 radical (unpaired) electrons. The Morgan fingerprint density at radius 2 is 1.35 bits per heavy atom. The number of anilines is 2. The van der Waals surface area contributed by atoms with Crippen molar-refractivity contribution < 1.29 is 13.2 Å². The number of amides is 1. The lowest BCUT2D eigenvalue weighted by Gasteiger charge is -2.13. The largest absolute Gasteiger partial charge is 0.320 e. The first kappa shape index (κ1) is 18.0. The molecule has 0 aliphatic carbocycles. The lowest BCUT2D eigenvalue weighted by molar-refractivity contribution is 0.102. The Morgan fingerprint density at radius 1 is 0.769 bits per heavy atom. The van der Waals surface area contributed by atoms with Gasteiger partial charge in [-0.25, -0.2) is 8.42 Å². The quantitative estimate of drug-likeness (QED) is 0.682. The van der Waals surface area contributed by atoms with Crippen molar-refractivity contribution in [3.8, 4) is 0 Å². The predicted octanol–water partition coefficient (Wildman–Crippen LogP) is 4.39. The smallest absolute Gasteiger partial charge is 0.261 e. The molecule has 0 fully saturated rings. The number of nitrogens with one attached hydrogen (secondary N) is 2. The van der Waals surface area contributed by atoms with Crippen molar-refractivity contribution in [3.63, 3.8) is 0 Å². The van der Waals surface area contributed by atoms with Crippen LogP contribution in [0.3, 0.4) is 0 Å². The summed E-state index contributed by atoms with van der Waals surface area (Å²) in [7, 11) is -3.76. The minimum Gasteiger partial charge on any atom is -0.320 e. The van der Waals surface area contributed by atoms with E-state index in [0.717, 1.165) is 0 Å². The molecule has 3 rings (SSSR count). The van der Waals surface area contributed by atoms with Crippen molar-refractivity contribution in [2.75, 3.05) is 10.0 Å². The summed E-state index contributed by atoms with van der Waals surface area (Å²) in [6, 6.07) is 21.0. The van der Waals surface area contributed by atoms with Crippen LogP contribution in [0.5, 0.6) is 0 Å². The Kier molecular flexibility index (Phi) is 5.25. The third-order valence-electron chi connectivity index (χ3n) is 3.58. The maximum atomic E-state index is 12.5. The van der Waals surface area contributed by atoms with Gasteiger partial charge in [0.25, 0.3) is 15.9 Å². The summed E-state index contributed by atoms with van der Waals surface area (Å²) in [5.74, 6) is -0.368. The Morgan fingerprint density at radius 3 is 2.00 bits per heavy atom. The monoisotopic (exact) mass is 386 g/mol. The van der Waals surface area contributed by atoms with Crippen molar-refractivity contribution in [3.05, 3.63) is 89.4 Å². The van der Waals surface area contributed by atoms with Crippen LogP contribution < -0.4 is 10.0 Å². The van der Waals surface area contributed by atoms with Crippen LogP contribution in [0.25, 0.3) is 0 Å². The van der Waals surface area contributed by atoms with Gasteiger partial charge in [-0.05, 0) is 48.5 Å². The molecule has 26 heavy (non-hydrogen) atoms. The standard InChI is InChI=1S/C19H15ClN2O3S/c20-15-12-10-14(11-13-15)19(23)21-17-8-4-5-9-18(17)22-26(24,25)16-6-2-1-3-7-16/h1-13,22H,(H,21,23). The van der Waals surface area contributed by atoms with Crippen LogP contribution >= 0.6 is 11.6 Å². The fourth-order valence-electron chi connectivity index (χ4n) is 2.28. The molecule has 3 aromatic carbocycles. The Hall–Kier alpha value is -2.83. The van der Waals surface area contributed by atoms with E-state index in [4.69, 9.17) is 11.6 Å². The highest BCUT2D eigenvalue weighted by Gasteiger charge is 2.16. The summed E-state index contributed by atoms with van der Waals surface area (Å²) in [4.78, 5) is 12.5. The fourth-order valence-corrected chi connectivity index (χ4v) is 3.51. The SMILES string of the molecule is O=C(Nc1ccccc1NS(=O)(=O)c1ccccc1)c1ccc(Cl)cc1. The molecule has 0 spiro atoms. The second kappa shape index (κ2) is 7.59. The van der Waals surface area contributed by atoms with Crippen LogP contribution in [0.15, 0.2) is 83.8 Å². The van der Waals surface area contributed by atoms with Crippen molar-refractivity contribution in [1.82, 2.24) is 0 Å². The minimum absolute atomic E-state index is 0.138. The number of hydrogen-bond donors (Lipinski definition) is 2. The van der Waals surface area contributed by atoms with Crippen LogP contribution in [0.2, 0.25) is 5.02 Å². The van der Waals surface area contributed by atoms with Gasteiger partial charge in [0.1, 0.15) is 0 Å². The number of hydrogen-bond acceptors (Lipinski definition) is 3. The van der Waals surface area contributed by atoms with E-state index in [2.05, 4.69) is 10.0 Å². The molecule has 0 aromatic heterocycles. The lowest BCUT2D eigenvalue weighted by Crippen LogP contribution is -2.17. The van der Waals surface area contributed by atoms with Gasteiger partial charge in [0.15, 0.2) is 0 Å². The number of sulfonamides is 1. The molecule has 132 valence electrons. The summed E-state index contributed by atoms with van der Waals surface area (Å²) in [5.41, 5.74) is 1.04. The zero-order valence-electron chi connectivity index (χ0n) is 13.5. The summed E-state index contributed by atoms with van der Waals surface area (Å²) < 4.78 is 27.5. The maximum Gasteiger partial charge on any atom is 0.261 e. The first-order chi connectivity index (χ1) is 12.5. The van der Waals surface area contributed by atoms with E-state index in [1.165, 1.54) is 12.1 Å². The molecule has 0 heterocycles. The maximum absolute atomic E-state index is 12.5. The van der Waals surface area contributed by atoms with Crippen LogP contribution in [0.1, 0.15) is 10.4 Å². The second-order valence-electron chi connectivity index (χ2n) is 5.43. The fraction of sp³-hybridized carbons (Fsp3) is 0. The van der Waals surface area contributed by atoms with E-state index in [1.807, 2.05) is 0 Å². The molecule has 0 bridgehead atoms. The molecular weight excluding hydrogens is 372 g/mol. The minimum atomic E-state index is -3.76. The Balaban J connectivity index is 1.84. The van der Waals surface area contributed by atoms with Crippen LogP contribution in [0, 0.1) is 0 Å². The summed E-state index contributed by atoms with van der Waals surface area (Å²) >= 11 is 5.82. The highest BCUT2D eigenvalue weighted by Crippen LogP contribution is 2.25. The topological polar surface area (TPSA) is 75.3 Å². The summed E-state index contributed by atoms with van der Waals surface area (Å²) in [5, 5.41) is 3.24. The summed E-state index contributed by atoms with van der Waals surface area (Å²) in [6.07, 6.45) is 0. The number of carbonyl (C=O) groups excluding carboxylic acids is 1. The summed E-state index contributed by atoms with van der Waals surface area (Å²) in [6.45, 7) is 0. The van der Waals surface area contributed by atoms with Gasteiger partial charge >= 0.3 is 0 Å². The second-order valence-corrected chi connectivity index (χ2v) is 7.54. The van der Waals surface area contributed by atoms with E-state index in [0.29, 0.717) is 16.3 Å². The zero-order chi connectivity index (χ0) is 18.6. The van der Waals surface area contributed by atoms with Crippen LogP contribution in [-0.4, -0.2) is 14.3 Å². The Bertz CT molecular complexity index is 1020. The molecule has 5 nitrogen and oxygen atoms in total. The first-order valence-corrected chi connectivity index (χ1v) is 9.56. The van der Waals surface area contributed by atoms with Crippen molar-refractivity contribution in [2.45, 2.75) is 4.90 Å². The van der Waals surface area contributed by atoms with Gasteiger partial charge < -0.3 is 5.32 Å². The van der Waals surface area contributed by atoms with Gasteiger partial charge in [-0.3, -0.25) is 9.52 Å². The lowest BCUT2D eigenvalue weighted by atomic mass is 10.2. The van der Waals surface area contributed by atoms with Crippen LogP contribution in [0.4, 0.5) is 11.4 Å². The van der Waals surface area contributed by atoms with Gasteiger partial charge in [0.05, 0.1) is 16.3 Å². The average Bonchev–Trinajstić information content (AvgIpc) is 2.64. The molecule has 1 amide bonds. The molecular formula is C19H15ClN2O3S. The third-order valence-corrected chi connectivity index (χ3v) is 5.21. The van der Waals surface area contributed by atoms with Crippen molar-refractivity contribution >= 4 is 38.9 Å². The predicted molar refractivity (Wildman–Crippen MR) is 103 cm³/mol. The van der Waals surface area contributed by atoms with E-state index in [1.54, 1.807) is 66.7 Å². The highest BCUT2D eigenvalue weighted by atomic mass is 35.5. The van der Waals surface area contributed by atoms with Crippen molar-refractivity contribution in [1.29, 1.82) is 0 Å². The van der Waals surface area contributed by atoms with Gasteiger partial charge in [-0.2, -0.15) is 0 Å². The van der Waals surface area contributed by atoms with Crippen molar-refractivity contribution in [2.24, 2.45) is 0 Å². The highest BCUT2D eigenvalue weighted by molar-refractivity contribution is 7.92. The number of carbonyl (C=O) groups is 1. The van der Waals surface area contributed by atoms with E-state index < -0.39 is 10.0 Å². The molecule has 0 unspecified atom stereocenters. The molecule has 7 heteroatoms. The first-order valence-electron chi connectivity index (χ1n) is 7.69. The molecule has 0 aliphatic rings. The third kappa shape index (κ3) is 4.22. The average molecular weight is 387 g/mol. The van der Waals surface area contributed by atoms with Gasteiger partial charge in [0, 0.05) is 10.6 Å². The normalized spacial score (nSPS) is 11.0. The molecule has 0 aliphatic heterocycles. The molecule has 0 saturated heterocycles. The zero-order valence-corrected chi connectivity index (χ0v) is 15.1. The number of rotatable bonds is 5. The number of benzene rings is 3. The Labute approximate surface area is 156 Å².